The lowest BCUT2D eigenvalue weighted by Crippen LogP contribution is -2.41. The maximum Gasteiger partial charge on any atom is 0.341 e. The van der Waals surface area contributed by atoms with E-state index in [-0.39, 0.29) is 5.56 Å². The minimum Gasteiger partial charge on any atom is -0.481 e. The fourth-order valence-corrected chi connectivity index (χ4v) is 5.80. The molecule has 2 saturated heterocycles. The van der Waals surface area contributed by atoms with Crippen LogP contribution in [0.5, 0.6) is 0 Å². The van der Waals surface area contributed by atoms with Crippen molar-refractivity contribution in [3.05, 3.63) is 53.4 Å². The zero-order chi connectivity index (χ0) is 22.4. The molecule has 5 rings (SSSR count). The van der Waals surface area contributed by atoms with E-state index in [1.165, 1.54) is 18.4 Å². The number of carboxylic acids is 1. The third-order valence-corrected chi connectivity index (χ3v) is 7.23. The van der Waals surface area contributed by atoms with Crippen molar-refractivity contribution in [2.45, 2.75) is 25.0 Å². The molecule has 1 amide bonds. The molecule has 2 fully saturated rings. The molecule has 2 aliphatic rings. The smallest absolute Gasteiger partial charge is 0.341 e. The first-order chi connectivity index (χ1) is 15.5. The van der Waals surface area contributed by atoms with Crippen LogP contribution in [0.4, 0.5) is 5.00 Å². The molecule has 4 atom stereocenters. The van der Waals surface area contributed by atoms with Gasteiger partial charge in [-0.1, -0.05) is 36.4 Å². The molecule has 2 aromatic carbocycles. The summed E-state index contributed by atoms with van der Waals surface area (Å²) in [6, 6.07) is 13.8. The first-order valence-corrected chi connectivity index (χ1v) is 11.2. The van der Waals surface area contributed by atoms with Crippen LogP contribution in [0.1, 0.15) is 23.2 Å². The van der Waals surface area contributed by atoms with Gasteiger partial charge in [-0.2, -0.15) is 0 Å². The average molecular weight is 452 g/mol. The lowest BCUT2D eigenvalue weighted by molar-refractivity contribution is -0.147. The number of aliphatic carboxylic acids is 1. The topological polar surface area (TPSA) is 102 Å². The van der Waals surface area contributed by atoms with Gasteiger partial charge in [0, 0.05) is 10.9 Å². The molecule has 3 aromatic rings. The Hall–Kier alpha value is -3.23. The van der Waals surface area contributed by atoms with Crippen LogP contribution in [0, 0.1) is 11.8 Å². The number of anilines is 1. The van der Waals surface area contributed by atoms with Crippen LogP contribution in [-0.4, -0.2) is 42.3 Å². The van der Waals surface area contributed by atoms with Gasteiger partial charge in [-0.15, -0.1) is 11.3 Å². The fraction of sp³-hybridized carbons (Fsp3) is 0.292. The standard InChI is InChI=1S/C24H21NO6S/c1-30-24(29)18-15(14-7-6-12-4-2-3-5-13(12)10-14)11-32-22(18)25-21(26)19-16-8-9-17(31-16)20(19)23(27)28/h2-7,10-11,16-17,19-20H,8-9H2,1H3,(H,25,26)(H,27,28)/t16-,17-,19-,20-/m0/s1. The monoisotopic (exact) mass is 451 g/mol. The molecular weight excluding hydrogens is 430 g/mol. The molecular formula is C24H21NO6S. The summed E-state index contributed by atoms with van der Waals surface area (Å²) < 4.78 is 10.7. The normalized spacial score (nSPS) is 23.9. The van der Waals surface area contributed by atoms with E-state index in [2.05, 4.69) is 5.32 Å². The minimum absolute atomic E-state index is 0.261. The molecule has 2 N–H and O–H groups in total. The number of thiophene rings is 1. The molecule has 3 heterocycles. The van der Waals surface area contributed by atoms with Gasteiger partial charge >= 0.3 is 11.9 Å². The van der Waals surface area contributed by atoms with Gasteiger partial charge in [0.2, 0.25) is 5.91 Å². The van der Waals surface area contributed by atoms with Gasteiger partial charge in [-0.25, -0.2) is 4.79 Å². The maximum atomic E-state index is 13.1. The molecule has 0 radical (unpaired) electrons. The lowest BCUT2D eigenvalue weighted by Gasteiger charge is -2.23. The second-order valence-corrected chi connectivity index (χ2v) is 8.96. The summed E-state index contributed by atoms with van der Waals surface area (Å²) in [5.41, 5.74) is 1.74. The number of methoxy groups -OCH3 is 1. The van der Waals surface area contributed by atoms with Crippen molar-refractivity contribution in [1.29, 1.82) is 0 Å². The predicted octanol–water partition coefficient (Wildman–Crippen LogP) is 4.17. The van der Waals surface area contributed by atoms with E-state index < -0.39 is 41.9 Å². The summed E-state index contributed by atoms with van der Waals surface area (Å²) in [6.07, 6.45) is 0.444. The van der Waals surface area contributed by atoms with E-state index in [9.17, 15) is 19.5 Å². The number of nitrogens with one attached hydrogen (secondary N) is 1. The highest BCUT2D eigenvalue weighted by atomic mass is 32.1. The summed E-state index contributed by atoms with van der Waals surface area (Å²) in [6.45, 7) is 0. The van der Waals surface area contributed by atoms with Crippen LogP contribution in [-0.2, 0) is 19.1 Å². The van der Waals surface area contributed by atoms with Crippen LogP contribution in [0.2, 0.25) is 0 Å². The molecule has 32 heavy (non-hydrogen) atoms. The Bertz CT molecular complexity index is 1230. The minimum atomic E-state index is -1.03. The van der Waals surface area contributed by atoms with Gasteiger partial charge in [0.1, 0.15) is 10.6 Å². The summed E-state index contributed by atoms with van der Waals surface area (Å²) in [5.74, 6) is -3.71. The summed E-state index contributed by atoms with van der Waals surface area (Å²) in [7, 11) is 1.29. The third kappa shape index (κ3) is 3.36. The van der Waals surface area contributed by atoms with Crippen LogP contribution in [0.25, 0.3) is 21.9 Å². The molecule has 164 valence electrons. The van der Waals surface area contributed by atoms with Gasteiger partial charge in [0.05, 0.1) is 31.2 Å². The average Bonchev–Trinajstić information content (AvgIpc) is 3.52. The van der Waals surface area contributed by atoms with Crippen molar-refractivity contribution in [3.8, 4) is 11.1 Å². The molecule has 2 aliphatic heterocycles. The zero-order valence-electron chi connectivity index (χ0n) is 17.2. The van der Waals surface area contributed by atoms with Crippen molar-refractivity contribution in [2.75, 3.05) is 12.4 Å². The number of rotatable bonds is 5. The number of fused-ring (bicyclic) bond motifs is 3. The SMILES string of the molecule is COC(=O)c1c(-c2ccc3ccccc3c2)csc1NC(=O)[C@@H]1[C@@H](C(=O)O)[C@@H]2CC[C@@H]1O2. The van der Waals surface area contributed by atoms with Gasteiger partial charge in [-0.05, 0) is 35.2 Å². The maximum absolute atomic E-state index is 13.1. The summed E-state index contributed by atoms with van der Waals surface area (Å²) >= 11 is 1.22. The highest BCUT2D eigenvalue weighted by molar-refractivity contribution is 7.15. The summed E-state index contributed by atoms with van der Waals surface area (Å²) in [5, 5.41) is 16.7. The Morgan fingerprint density at radius 3 is 2.50 bits per heavy atom. The quantitative estimate of drug-likeness (QED) is 0.565. The molecule has 0 aliphatic carbocycles. The molecule has 1 aromatic heterocycles. The van der Waals surface area contributed by atoms with Crippen LogP contribution in [0.3, 0.4) is 0 Å². The number of benzene rings is 2. The number of carbonyl (C=O) groups excluding carboxylic acids is 2. The highest BCUT2D eigenvalue weighted by Crippen LogP contribution is 2.45. The van der Waals surface area contributed by atoms with Gasteiger partial charge < -0.3 is 19.9 Å². The van der Waals surface area contributed by atoms with Crippen molar-refractivity contribution < 1.29 is 29.0 Å². The molecule has 7 nitrogen and oxygen atoms in total. The summed E-state index contributed by atoms with van der Waals surface area (Å²) in [4.78, 5) is 37.5. The Morgan fingerprint density at radius 2 is 1.78 bits per heavy atom. The number of esters is 1. The third-order valence-electron chi connectivity index (χ3n) is 6.34. The van der Waals surface area contributed by atoms with E-state index >= 15 is 0 Å². The van der Waals surface area contributed by atoms with Gasteiger partial charge in [0.25, 0.3) is 0 Å². The lowest BCUT2D eigenvalue weighted by atomic mass is 9.79. The van der Waals surface area contributed by atoms with E-state index in [4.69, 9.17) is 9.47 Å². The molecule has 0 spiro atoms. The fourth-order valence-electron chi connectivity index (χ4n) is 4.84. The van der Waals surface area contributed by atoms with Crippen molar-refractivity contribution in [1.82, 2.24) is 0 Å². The molecule has 0 saturated carbocycles. The molecule has 8 heteroatoms. The highest BCUT2D eigenvalue weighted by Gasteiger charge is 2.55. The first kappa shape index (κ1) is 20.7. The van der Waals surface area contributed by atoms with Gasteiger partial charge in [-0.3, -0.25) is 9.59 Å². The number of hydrogen-bond donors (Lipinski definition) is 2. The van der Waals surface area contributed by atoms with Crippen molar-refractivity contribution >= 4 is 45.0 Å². The van der Waals surface area contributed by atoms with E-state index in [0.717, 1.165) is 16.3 Å². The first-order valence-electron chi connectivity index (χ1n) is 10.4. The Morgan fingerprint density at radius 1 is 1.06 bits per heavy atom. The Balaban J connectivity index is 1.49. The van der Waals surface area contributed by atoms with Crippen molar-refractivity contribution in [3.63, 3.8) is 0 Å². The predicted molar refractivity (Wildman–Crippen MR) is 120 cm³/mol. The van der Waals surface area contributed by atoms with Crippen LogP contribution in [0.15, 0.2) is 47.8 Å². The van der Waals surface area contributed by atoms with E-state index in [0.29, 0.717) is 23.4 Å². The molecule has 2 bridgehead atoms. The molecule has 0 unspecified atom stereocenters. The number of carboxylic acid groups (broad SMARTS) is 1. The second kappa shape index (κ2) is 8.03. The number of amides is 1. The Labute approximate surface area is 188 Å². The van der Waals surface area contributed by atoms with E-state index in [1.54, 1.807) is 5.38 Å². The van der Waals surface area contributed by atoms with E-state index in [1.807, 2.05) is 42.5 Å². The van der Waals surface area contributed by atoms with Gasteiger partial charge in [0.15, 0.2) is 0 Å². The Kier molecular flexibility index (Phi) is 5.19. The van der Waals surface area contributed by atoms with Crippen molar-refractivity contribution in [2.24, 2.45) is 11.8 Å². The number of ether oxygens (including phenoxy) is 2. The number of carbonyl (C=O) groups is 3. The number of hydrogen-bond acceptors (Lipinski definition) is 6. The van der Waals surface area contributed by atoms with Crippen LogP contribution >= 0.6 is 11.3 Å². The zero-order valence-corrected chi connectivity index (χ0v) is 18.1. The second-order valence-electron chi connectivity index (χ2n) is 8.08. The largest absolute Gasteiger partial charge is 0.481 e. The van der Waals surface area contributed by atoms with Crippen LogP contribution < -0.4 is 5.32 Å².